The molecule has 1 unspecified atom stereocenters. The van der Waals surface area contributed by atoms with Crippen LogP contribution in [0.4, 0.5) is 10.1 Å². The molecule has 1 amide bonds. The number of carbonyl (C=O) groups excluding carboxylic acids is 1. The van der Waals surface area contributed by atoms with Gasteiger partial charge in [-0.15, -0.1) is 0 Å². The van der Waals surface area contributed by atoms with Crippen molar-refractivity contribution >= 4 is 11.6 Å². The summed E-state index contributed by atoms with van der Waals surface area (Å²) in [5.41, 5.74) is 3.40. The van der Waals surface area contributed by atoms with Gasteiger partial charge in [-0.2, -0.15) is 0 Å². The number of hydrogen-bond donors (Lipinski definition) is 1. The van der Waals surface area contributed by atoms with E-state index in [9.17, 15) is 9.18 Å². The van der Waals surface area contributed by atoms with E-state index in [2.05, 4.69) is 20.3 Å². The third kappa shape index (κ3) is 4.16. The molecule has 1 atom stereocenters. The maximum absolute atomic E-state index is 13.4. The van der Waals surface area contributed by atoms with E-state index in [0.29, 0.717) is 16.9 Å². The van der Waals surface area contributed by atoms with Crippen molar-refractivity contribution < 1.29 is 9.18 Å². The summed E-state index contributed by atoms with van der Waals surface area (Å²) in [4.78, 5) is 25.7. The largest absolute Gasteiger partial charge is 0.322 e. The first-order valence-corrected chi connectivity index (χ1v) is 9.04. The van der Waals surface area contributed by atoms with Crippen LogP contribution in [0.25, 0.3) is 11.3 Å². The molecule has 0 fully saturated rings. The average molecular weight is 384 g/mol. The number of aromatic nitrogens is 3. The number of pyridine rings is 1. The molecule has 0 spiro atoms. The van der Waals surface area contributed by atoms with Crippen LogP contribution in [0.1, 0.15) is 17.0 Å². The second-order valence-corrected chi connectivity index (χ2v) is 6.41. The summed E-state index contributed by atoms with van der Waals surface area (Å²) in [7, 11) is 0. The highest BCUT2D eigenvalue weighted by molar-refractivity contribution is 6.00. The van der Waals surface area contributed by atoms with Crippen molar-refractivity contribution in [3.63, 3.8) is 0 Å². The molecular weight excluding hydrogens is 367 g/mol. The molecule has 2 aromatic heterocycles. The molecule has 0 radical (unpaired) electrons. The number of halogens is 1. The second-order valence-electron chi connectivity index (χ2n) is 6.41. The van der Waals surface area contributed by atoms with Crippen molar-refractivity contribution in [2.24, 2.45) is 0 Å². The zero-order chi connectivity index (χ0) is 20.1. The molecule has 0 aliphatic carbocycles. The van der Waals surface area contributed by atoms with E-state index >= 15 is 0 Å². The third-order valence-corrected chi connectivity index (χ3v) is 4.52. The molecule has 0 aliphatic heterocycles. The van der Waals surface area contributed by atoms with E-state index in [-0.39, 0.29) is 11.7 Å². The van der Waals surface area contributed by atoms with Crippen LogP contribution >= 0.6 is 0 Å². The minimum absolute atomic E-state index is 0.257. The quantitative estimate of drug-likeness (QED) is 0.552. The predicted octanol–water partition coefficient (Wildman–Crippen LogP) is 4.45. The molecule has 29 heavy (non-hydrogen) atoms. The van der Waals surface area contributed by atoms with Crippen LogP contribution in [-0.4, -0.2) is 20.9 Å². The number of benzene rings is 2. The second kappa shape index (κ2) is 8.39. The molecule has 0 bridgehead atoms. The van der Waals surface area contributed by atoms with Gasteiger partial charge in [0, 0.05) is 18.0 Å². The van der Waals surface area contributed by atoms with Crippen LogP contribution in [0.2, 0.25) is 0 Å². The Morgan fingerprint density at radius 3 is 2.28 bits per heavy atom. The van der Waals surface area contributed by atoms with E-state index in [0.717, 1.165) is 11.1 Å². The molecule has 0 saturated heterocycles. The Labute approximate surface area is 167 Å². The lowest BCUT2D eigenvalue weighted by molar-refractivity contribution is -0.116. The van der Waals surface area contributed by atoms with Gasteiger partial charge < -0.3 is 5.32 Å². The van der Waals surface area contributed by atoms with E-state index in [1.165, 1.54) is 18.5 Å². The zero-order valence-electron chi connectivity index (χ0n) is 15.4. The zero-order valence-corrected chi connectivity index (χ0v) is 15.4. The van der Waals surface area contributed by atoms with Crippen molar-refractivity contribution in [2.75, 3.05) is 5.32 Å². The first kappa shape index (κ1) is 18.4. The van der Waals surface area contributed by atoms with Crippen LogP contribution < -0.4 is 5.32 Å². The van der Waals surface area contributed by atoms with Crippen molar-refractivity contribution in [3.05, 3.63) is 109 Å². The molecule has 142 valence electrons. The summed E-state index contributed by atoms with van der Waals surface area (Å²) in [6.07, 6.45) is 6.32. The summed E-state index contributed by atoms with van der Waals surface area (Å²) in [5, 5.41) is 2.94. The summed E-state index contributed by atoms with van der Waals surface area (Å²) in [6.45, 7) is 0. The SMILES string of the molecule is O=C(Nc1cncnc1-c1ccncc1)C(c1ccccc1)c1ccc(F)cc1. The van der Waals surface area contributed by atoms with Crippen LogP contribution in [0.15, 0.2) is 91.6 Å². The van der Waals surface area contributed by atoms with E-state index < -0.39 is 5.92 Å². The number of amides is 1. The number of hydrogen-bond acceptors (Lipinski definition) is 4. The van der Waals surface area contributed by atoms with Gasteiger partial charge in [0.2, 0.25) is 5.91 Å². The third-order valence-electron chi connectivity index (χ3n) is 4.52. The fourth-order valence-electron chi connectivity index (χ4n) is 3.16. The molecule has 0 aliphatic rings. The van der Waals surface area contributed by atoms with Crippen molar-refractivity contribution in [2.45, 2.75) is 5.92 Å². The smallest absolute Gasteiger partial charge is 0.236 e. The van der Waals surface area contributed by atoms with Crippen molar-refractivity contribution in [1.82, 2.24) is 15.0 Å². The number of anilines is 1. The highest BCUT2D eigenvalue weighted by Gasteiger charge is 2.24. The number of rotatable bonds is 5. The highest BCUT2D eigenvalue weighted by atomic mass is 19.1. The lowest BCUT2D eigenvalue weighted by Gasteiger charge is -2.19. The molecular formula is C23H17FN4O. The lowest BCUT2D eigenvalue weighted by Crippen LogP contribution is -2.23. The monoisotopic (exact) mass is 384 g/mol. The summed E-state index contributed by atoms with van der Waals surface area (Å²) in [6, 6.07) is 18.9. The minimum atomic E-state index is -0.609. The van der Waals surface area contributed by atoms with Gasteiger partial charge in [-0.25, -0.2) is 14.4 Å². The highest BCUT2D eigenvalue weighted by Crippen LogP contribution is 2.29. The summed E-state index contributed by atoms with van der Waals surface area (Å²) >= 11 is 0. The Kier molecular flexibility index (Phi) is 5.33. The average Bonchev–Trinajstić information content (AvgIpc) is 2.77. The standard InChI is InChI=1S/C23H17FN4O/c24-19-8-6-17(7-9-19)21(16-4-2-1-3-5-16)23(29)28-20-14-26-15-27-22(20)18-10-12-25-13-11-18/h1-15,21H,(H,28,29). The van der Waals surface area contributed by atoms with Gasteiger partial charge >= 0.3 is 0 Å². The van der Waals surface area contributed by atoms with E-state index in [1.54, 1.807) is 30.7 Å². The van der Waals surface area contributed by atoms with Crippen molar-refractivity contribution in [3.8, 4) is 11.3 Å². The van der Waals surface area contributed by atoms with Gasteiger partial charge in [0.05, 0.1) is 23.5 Å². The van der Waals surface area contributed by atoms with Crippen LogP contribution in [-0.2, 0) is 4.79 Å². The van der Waals surface area contributed by atoms with Gasteiger partial charge in [-0.1, -0.05) is 42.5 Å². The maximum Gasteiger partial charge on any atom is 0.236 e. The first-order chi connectivity index (χ1) is 14.2. The van der Waals surface area contributed by atoms with E-state index in [1.807, 2.05) is 42.5 Å². The van der Waals surface area contributed by atoms with Gasteiger partial charge in [0.25, 0.3) is 0 Å². The molecule has 5 nitrogen and oxygen atoms in total. The Hall–Kier alpha value is -3.93. The molecule has 4 aromatic rings. The predicted molar refractivity (Wildman–Crippen MR) is 109 cm³/mol. The summed E-state index contributed by atoms with van der Waals surface area (Å²) in [5.74, 6) is -1.22. The minimum Gasteiger partial charge on any atom is -0.322 e. The molecule has 2 heterocycles. The Balaban J connectivity index is 1.71. The number of carbonyl (C=O) groups is 1. The van der Waals surface area contributed by atoms with Gasteiger partial charge in [-0.05, 0) is 35.4 Å². The van der Waals surface area contributed by atoms with Crippen LogP contribution in [0, 0.1) is 5.82 Å². The van der Waals surface area contributed by atoms with Crippen LogP contribution in [0.5, 0.6) is 0 Å². The fourth-order valence-corrected chi connectivity index (χ4v) is 3.16. The van der Waals surface area contributed by atoms with Gasteiger partial charge in [0.15, 0.2) is 0 Å². The Morgan fingerprint density at radius 2 is 1.55 bits per heavy atom. The molecule has 1 N–H and O–H groups in total. The molecule has 2 aromatic carbocycles. The van der Waals surface area contributed by atoms with E-state index in [4.69, 9.17) is 0 Å². The first-order valence-electron chi connectivity index (χ1n) is 9.04. The lowest BCUT2D eigenvalue weighted by atomic mass is 9.90. The van der Waals surface area contributed by atoms with Gasteiger partial charge in [0.1, 0.15) is 12.1 Å². The molecule has 4 rings (SSSR count). The topological polar surface area (TPSA) is 67.8 Å². The van der Waals surface area contributed by atoms with Gasteiger partial charge in [-0.3, -0.25) is 9.78 Å². The van der Waals surface area contributed by atoms with Crippen molar-refractivity contribution in [1.29, 1.82) is 0 Å². The Bertz CT molecular complexity index is 1100. The van der Waals surface area contributed by atoms with Crippen LogP contribution in [0.3, 0.4) is 0 Å². The normalized spacial score (nSPS) is 11.6. The fraction of sp³-hybridized carbons (Fsp3) is 0.0435. The molecule has 0 saturated carbocycles. The number of nitrogens with one attached hydrogen (secondary N) is 1. The maximum atomic E-state index is 13.4. The Morgan fingerprint density at radius 1 is 0.862 bits per heavy atom. The summed E-state index contributed by atoms with van der Waals surface area (Å²) < 4.78 is 13.4. The number of nitrogens with zero attached hydrogens (tertiary/aromatic N) is 3. The molecule has 6 heteroatoms.